The van der Waals surface area contributed by atoms with E-state index in [1.807, 2.05) is 18.2 Å². The monoisotopic (exact) mass is 210 g/mol. The fourth-order valence-electron chi connectivity index (χ4n) is 1.50. The second-order valence-electron chi connectivity index (χ2n) is 4.82. The van der Waals surface area contributed by atoms with Crippen molar-refractivity contribution in [1.29, 1.82) is 0 Å². The van der Waals surface area contributed by atoms with Gasteiger partial charge in [0.25, 0.3) is 0 Å². The molecule has 1 rings (SSSR count). The molecule has 14 heavy (non-hydrogen) atoms. The molecule has 0 aliphatic heterocycles. The van der Waals surface area contributed by atoms with Gasteiger partial charge in [-0.2, -0.15) is 0 Å². The molecule has 0 amide bonds. The fourth-order valence-corrected chi connectivity index (χ4v) is 2.43. The maximum absolute atomic E-state index is 10.1. The number of benzene rings is 1. The predicted octanol–water partition coefficient (Wildman–Crippen LogP) is 3.06. The summed E-state index contributed by atoms with van der Waals surface area (Å²) in [5, 5.41) is 11.2. The summed E-state index contributed by atoms with van der Waals surface area (Å²) >= 11 is 0. The van der Waals surface area contributed by atoms with Crippen molar-refractivity contribution >= 4 is 13.2 Å². The molecule has 1 aromatic rings. The van der Waals surface area contributed by atoms with Crippen molar-refractivity contribution in [2.24, 2.45) is 0 Å². The summed E-state index contributed by atoms with van der Waals surface area (Å²) in [4.78, 5) is 0. The Morgan fingerprint density at radius 2 is 1.71 bits per heavy atom. The van der Waals surface area contributed by atoms with E-state index in [1.54, 1.807) is 0 Å². The zero-order chi connectivity index (χ0) is 10.9. The van der Waals surface area contributed by atoms with E-state index < -0.39 is 0 Å². The normalized spacial score (nSPS) is 12.1. The van der Waals surface area contributed by atoms with Crippen LogP contribution in [0.2, 0.25) is 0 Å². The molecule has 0 saturated heterocycles. The first-order valence-corrected chi connectivity index (χ1v) is 7.07. The highest BCUT2D eigenvalue weighted by Gasteiger charge is 2.20. The smallest absolute Gasteiger partial charge is 0.126 e. The lowest BCUT2D eigenvalue weighted by atomic mass is 9.86. The van der Waals surface area contributed by atoms with E-state index >= 15 is 0 Å². The molecular weight excluding hydrogens is 191 g/mol. The van der Waals surface area contributed by atoms with Crippen molar-refractivity contribution < 1.29 is 5.11 Å². The van der Waals surface area contributed by atoms with Crippen molar-refractivity contribution in [2.45, 2.75) is 26.2 Å². The summed E-state index contributed by atoms with van der Waals surface area (Å²) in [6.07, 6.45) is 0. The maximum Gasteiger partial charge on any atom is 0.126 e. The van der Waals surface area contributed by atoms with Gasteiger partial charge in [-0.05, 0) is 24.3 Å². The summed E-state index contributed by atoms with van der Waals surface area (Å²) in [7, 11) is -0.230. The third kappa shape index (κ3) is 2.27. The minimum atomic E-state index is -0.230. The molecule has 0 unspecified atom stereocenters. The number of phenolic OH excluding ortho intramolecular Hbond substituents is 1. The Kier molecular flexibility index (Phi) is 3.21. The van der Waals surface area contributed by atoms with Gasteiger partial charge in [-0.15, -0.1) is 0 Å². The average molecular weight is 210 g/mol. The van der Waals surface area contributed by atoms with Crippen LogP contribution in [0.4, 0.5) is 0 Å². The molecule has 1 nitrogen and oxygen atoms in total. The van der Waals surface area contributed by atoms with Gasteiger partial charge in [-0.1, -0.05) is 46.9 Å². The van der Waals surface area contributed by atoms with Crippen LogP contribution in [0.15, 0.2) is 18.2 Å². The van der Waals surface area contributed by atoms with Gasteiger partial charge in [0, 0.05) is 5.30 Å². The second-order valence-corrected chi connectivity index (χ2v) is 7.09. The van der Waals surface area contributed by atoms with Gasteiger partial charge in [0.1, 0.15) is 5.75 Å². The summed E-state index contributed by atoms with van der Waals surface area (Å²) in [6.45, 7) is 10.7. The summed E-state index contributed by atoms with van der Waals surface area (Å²) in [6, 6.07) is 6.08. The second kappa shape index (κ2) is 3.90. The Hall–Kier alpha value is -0.550. The molecule has 1 aromatic carbocycles. The minimum Gasteiger partial charge on any atom is -0.507 e. The van der Waals surface area contributed by atoms with Gasteiger partial charge in [0.15, 0.2) is 0 Å². The highest BCUT2D eigenvalue weighted by molar-refractivity contribution is 7.64. The first kappa shape index (κ1) is 11.5. The minimum absolute atomic E-state index is 0.0193. The molecule has 78 valence electrons. The van der Waals surface area contributed by atoms with Crippen molar-refractivity contribution in [3.63, 3.8) is 0 Å². The van der Waals surface area contributed by atoms with Gasteiger partial charge in [0.2, 0.25) is 0 Å². The number of phenols is 1. The SMILES string of the molecule is CP(C)c1cccc(C(C)(C)C)c1O. The lowest BCUT2D eigenvalue weighted by Crippen LogP contribution is -2.15. The van der Waals surface area contributed by atoms with Gasteiger partial charge >= 0.3 is 0 Å². The van der Waals surface area contributed by atoms with Crippen molar-refractivity contribution in [3.05, 3.63) is 23.8 Å². The lowest BCUT2D eigenvalue weighted by molar-refractivity contribution is 0.451. The quantitative estimate of drug-likeness (QED) is 0.706. The van der Waals surface area contributed by atoms with E-state index in [1.165, 1.54) is 0 Å². The lowest BCUT2D eigenvalue weighted by Gasteiger charge is -2.22. The van der Waals surface area contributed by atoms with Crippen molar-refractivity contribution in [3.8, 4) is 5.75 Å². The highest BCUT2D eigenvalue weighted by atomic mass is 31.1. The van der Waals surface area contributed by atoms with Crippen LogP contribution in [0.3, 0.4) is 0 Å². The highest BCUT2D eigenvalue weighted by Crippen LogP contribution is 2.35. The molecule has 0 aliphatic rings. The number of para-hydroxylation sites is 1. The van der Waals surface area contributed by atoms with Crippen LogP contribution in [-0.4, -0.2) is 18.4 Å². The molecule has 0 atom stereocenters. The largest absolute Gasteiger partial charge is 0.507 e. The Labute approximate surface area is 87.9 Å². The molecule has 0 aromatic heterocycles. The average Bonchev–Trinajstić information content (AvgIpc) is 2.01. The van der Waals surface area contributed by atoms with Gasteiger partial charge < -0.3 is 5.11 Å². The maximum atomic E-state index is 10.1. The zero-order valence-electron chi connectivity index (χ0n) is 9.63. The zero-order valence-corrected chi connectivity index (χ0v) is 10.5. The predicted molar refractivity (Wildman–Crippen MR) is 65.2 cm³/mol. The van der Waals surface area contributed by atoms with Crippen LogP contribution in [0.1, 0.15) is 26.3 Å². The van der Waals surface area contributed by atoms with Crippen LogP contribution >= 0.6 is 7.92 Å². The van der Waals surface area contributed by atoms with E-state index in [4.69, 9.17) is 0 Å². The van der Waals surface area contributed by atoms with E-state index in [0.29, 0.717) is 5.75 Å². The third-order valence-electron chi connectivity index (χ3n) is 2.30. The van der Waals surface area contributed by atoms with Crippen LogP contribution < -0.4 is 5.30 Å². The molecule has 0 spiro atoms. The molecule has 0 aliphatic carbocycles. The van der Waals surface area contributed by atoms with Crippen LogP contribution in [0.5, 0.6) is 5.75 Å². The molecule has 0 bridgehead atoms. The fraction of sp³-hybridized carbons (Fsp3) is 0.500. The molecular formula is C12H19OP. The van der Waals surface area contributed by atoms with Crippen LogP contribution in [0, 0.1) is 0 Å². The molecule has 0 radical (unpaired) electrons. The summed E-state index contributed by atoms with van der Waals surface area (Å²) in [5.74, 6) is 0.496. The van der Waals surface area contributed by atoms with Gasteiger partial charge in [0.05, 0.1) is 0 Å². The molecule has 0 fully saturated rings. The Bertz CT molecular complexity index is 324. The molecule has 1 N–H and O–H groups in total. The van der Waals surface area contributed by atoms with E-state index in [-0.39, 0.29) is 13.3 Å². The first-order chi connectivity index (χ1) is 6.34. The first-order valence-electron chi connectivity index (χ1n) is 4.84. The Morgan fingerprint density at radius 3 is 2.14 bits per heavy atom. The summed E-state index contributed by atoms with van der Waals surface area (Å²) < 4.78 is 0. The number of rotatable bonds is 1. The molecule has 0 saturated carbocycles. The number of hydrogen-bond donors (Lipinski definition) is 1. The Balaban J connectivity index is 3.28. The summed E-state index contributed by atoms with van der Waals surface area (Å²) in [5.41, 5.74) is 1.07. The third-order valence-corrected chi connectivity index (χ3v) is 3.63. The molecule has 2 heteroatoms. The standard InChI is InChI=1S/C12H19OP/c1-12(2,3)9-7-6-8-10(11(9)13)14(4)5/h6-8,13H,1-5H3. The van der Waals surface area contributed by atoms with E-state index in [2.05, 4.69) is 34.1 Å². The van der Waals surface area contributed by atoms with Gasteiger partial charge in [-0.25, -0.2) is 0 Å². The van der Waals surface area contributed by atoms with E-state index in [0.717, 1.165) is 10.9 Å². The number of hydrogen-bond acceptors (Lipinski definition) is 1. The molecule has 0 heterocycles. The topological polar surface area (TPSA) is 20.2 Å². The Morgan fingerprint density at radius 1 is 1.14 bits per heavy atom. The van der Waals surface area contributed by atoms with Crippen molar-refractivity contribution in [1.82, 2.24) is 0 Å². The van der Waals surface area contributed by atoms with Crippen LogP contribution in [0.25, 0.3) is 0 Å². The van der Waals surface area contributed by atoms with Crippen LogP contribution in [-0.2, 0) is 5.41 Å². The number of aromatic hydroxyl groups is 1. The van der Waals surface area contributed by atoms with Crippen molar-refractivity contribution in [2.75, 3.05) is 13.3 Å². The van der Waals surface area contributed by atoms with Gasteiger partial charge in [-0.3, -0.25) is 0 Å². The van der Waals surface area contributed by atoms with E-state index in [9.17, 15) is 5.11 Å².